The van der Waals surface area contributed by atoms with E-state index in [0.717, 1.165) is 4.88 Å². The van der Waals surface area contributed by atoms with E-state index in [4.69, 9.17) is 0 Å². The molecule has 0 radical (unpaired) electrons. The largest absolute Gasteiger partial charge is 0.363 e. The SMILES string of the molecule is CNc1nnc(C(=O)NC(C)c2ccc(C)s2)s1. The highest BCUT2D eigenvalue weighted by Gasteiger charge is 2.16. The number of aryl methyl sites for hydroxylation is 1. The van der Waals surface area contributed by atoms with Crippen LogP contribution in [0.4, 0.5) is 5.13 Å². The highest BCUT2D eigenvalue weighted by Crippen LogP contribution is 2.23. The van der Waals surface area contributed by atoms with Crippen molar-refractivity contribution < 1.29 is 4.79 Å². The van der Waals surface area contributed by atoms with Crippen LogP contribution in [0, 0.1) is 6.92 Å². The van der Waals surface area contributed by atoms with Crippen LogP contribution in [0.1, 0.15) is 32.5 Å². The summed E-state index contributed by atoms with van der Waals surface area (Å²) in [4.78, 5) is 14.3. The highest BCUT2D eigenvalue weighted by atomic mass is 32.1. The Balaban J connectivity index is 2.02. The molecular formula is C11H14N4OS2. The van der Waals surface area contributed by atoms with Gasteiger partial charge in [-0.2, -0.15) is 0 Å². The maximum Gasteiger partial charge on any atom is 0.282 e. The lowest BCUT2D eigenvalue weighted by molar-refractivity contribution is 0.0939. The third-order valence-electron chi connectivity index (χ3n) is 2.37. The van der Waals surface area contributed by atoms with Gasteiger partial charge in [0, 0.05) is 16.8 Å². The first kappa shape index (κ1) is 13.0. The van der Waals surface area contributed by atoms with E-state index in [0.29, 0.717) is 10.1 Å². The number of hydrogen-bond donors (Lipinski definition) is 2. The molecule has 0 aliphatic carbocycles. The molecule has 0 saturated carbocycles. The molecule has 2 N–H and O–H groups in total. The first-order valence-corrected chi connectivity index (χ1v) is 7.12. The molecule has 5 nitrogen and oxygen atoms in total. The minimum atomic E-state index is -0.187. The molecule has 1 atom stereocenters. The molecule has 0 saturated heterocycles. The maximum absolute atomic E-state index is 11.9. The molecule has 0 bridgehead atoms. The average Bonchev–Trinajstić information content (AvgIpc) is 2.97. The zero-order valence-electron chi connectivity index (χ0n) is 10.4. The molecule has 0 aliphatic rings. The Morgan fingerprint density at radius 3 is 2.67 bits per heavy atom. The fraction of sp³-hybridized carbons (Fsp3) is 0.364. The number of carbonyl (C=O) groups excluding carboxylic acids is 1. The Kier molecular flexibility index (Phi) is 3.93. The Bertz CT molecular complexity index is 549. The van der Waals surface area contributed by atoms with Gasteiger partial charge < -0.3 is 10.6 Å². The van der Waals surface area contributed by atoms with Gasteiger partial charge >= 0.3 is 0 Å². The van der Waals surface area contributed by atoms with Gasteiger partial charge in [0.25, 0.3) is 5.91 Å². The first-order chi connectivity index (χ1) is 8.60. The minimum Gasteiger partial charge on any atom is -0.363 e. The quantitative estimate of drug-likeness (QED) is 0.904. The van der Waals surface area contributed by atoms with Gasteiger partial charge in [-0.25, -0.2) is 0 Å². The fourth-order valence-corrected chi connectivity index (χ4v) is 2.91. The summed E-state index contributed by atoms with van der Waals surface area (Å²) in [6.07, 6.45) is 0. The molecule has 0 spiro atoms. The van der Waals surface area contributed by atoms with Crippen LogP contribution in [0.5, 0.6) is 0 Å². The summed E-state index contributed by atoms with van der Waals surface area (Å²) in [5, 5.41) is 14.5. The average molecular weight is 282 g/mol. The van der Waals surface area contributed by atoms with Crippen molar-refractivity contribution >= 4 is 33.7 Å². The van der Waals surface area contributed by atoms with Crippen molar-refractivity contribution in [3.05, 3.63) is 26.9 Å². The summed E-state index contributed by atoms with van der Waals surface area (Å²) in [6, 6.07) is 4.06. The molecule has 1 unspecified atom stereocenters. The number of thiophene rings is 1. The second-order valence-corrected chi connectivity index (χ2v) is 6.10. The summed E-state index contributed by atoms with van der Waals surface area (Å²) in [5.74, 6) is -0.187. The third kappa shape index (κ3) is 2.85. The molecule has 2 heterocycles. The second kappa shape index (κ2) is 5.45. The Hall–Kier alpha value is -1.47. The lowest BCUT2D eigenvalue weighted by atomic mass is 10.2. The van der Waals surface area contributed by atoms with E-state index in [1.54, 1.807) is 18.4 Å². The van der Waals surface area contributed by atoms with Crippen LogP contribution >= 0.6 is 22.7 Å². The summed E-state index contributed by atoms with van der Waals surface area (Å²) >= 11 is 2.92. The van der Waals surface area contributed by atoms with Gasteiger partial charge in [-0.3, -0.25) is 4.79 Å². The van der Waals surface area contributed by atoms with E-state index >= 15 is 0 Å². The zero-order chi connectivity index (χ0) is 13.1. The molecule has 7 heteroatoms. The van der Waals surface area contributed by atoms with Crippen molar-refractivity contribution in [3.63, 3.8) is 0 Å². The van der Waals surface area contributed by atoms with E-state index in [9.17, 15) is 4.79 Å². The lowest BCUT2D eigenvalue weighted by Gasteiger charge is -2.10. The van der Waals surface area contributed by atoms with Crippen LogP contribution in [-0.4, -0.2) is 23.2 Å². The lowest BCUT2D eigenvalue weighted by Crippen LogP contribution is -2.25. The number of carbonyl (C=O) groups is 1. The van der Waals surface area contributed by atoms with Crippen LogP contribution in [0.15, 0.2) is 12.1 Å². The van der Waals surface area contributed by atoms with Crippen molar-refractivity contribution in [3.8, 4) is 0 Å². The van der Waals surface area contributed by atoms with E-state index in [-0.39, 0.29) is 11.9 Å². The molecule has 1 amide bonds. The van der Waals surface area contributed by atoms with E-state index < -0.39 is 0 Å². The number of anilines is 1. The maximum atomic E-state index is 11.9. The van der Waals surface area contributed by atoms with E-state index in [2.05, 4.69) is 20.8 Å². The predicted octanol–water partition coefficient (Wildman–Crippen LogP) is 2.44. The predicted molar refractivity (Wildman–Crippen MR) is 74.4 cm³/mol. The van der Waals surface area contributed by atoms with Crippen molar-refractivity contribution in [1.29, 1.82) is 0 Å². The smallest absolute Gasteiger partial charge is 0.282 e. The molecule has 0 fully saturated rings. The van der Waals surface area contributed by atoms with Crippen molar-refractivity contribution in [2.24, 2.45) is 0 Å². The summed E-state index contributed by atoms with van der Waals surface area (Å²) < 4.78 is 0. The number of aromatic nitrogens is 2. The normalized spacial score (nSPS) is 12.2. The number of hydrogen-bond acceptors (Lipinski definition) is 6. The van der Waals surface area contributed by atoms with Crippen molar-refractivity contribution in [2.45, 2.75) is 19.9 Å². The molecule has 0 aromatic carbocycles. The fourth-order valence-electron chi connectivity index (χ4n) is 1.43. The summed E-state index contributed by atoms with van der Waals surface area (Å²) in [5.41, 5.74) is 0. The highest BCUT2D eigenvalue weighted by molar-refractivity contribution is 7.17. The molecule has 96 valence electrons. The molecule has 2 aromatic heterocycles. The van der Waals surface area contributed by atoms with Gasteiger partial charge in [-0.1, -0.05) is 11.3 Å². The first-order valence-electron chi connectivity index (χ1n) is 5.48. The standard InChI is InChI=1S/C11H14N4OS2/c1-6-4-5-8(17-6)7(2)13-9(16)10-14-15-11(12-3)18-10/h4-5,7H,1-3H3,(H,12,15)(H,13,16). The van der Waals surface area contributed by atoms with Crippen LogP contribution in [0.2, 0.25) is 0 Å². The van der Waals surface area contributed by atoms with Gasteiger partial charge in [-0.05, 0) is 26.0 Å². The van der Waals surface area contributed by atoms with Gasteiger partial charge in [0.15, 0.2) is 0 Å². The summed E-state index contributed by atoms with van der Waals surface area (Å²) in [6.45, 7) is 4.01. The van der Waals surface area contributed by atoms with Crippen LogP contribution < -0.4 is 10.6 Å². The van der Waals surface area contributed by atoms with Gasteiger partial charge in [0.2, 0.25) is 10.1 Å². The monoisotopic (exact) mass is 282 g/mol. The van der Waals surface area contributed by atoms with Crippen LogP contribution in [0.25, 0.3) is 0 Å². The van der Waals surface area contributed by atoms with Crippen LogP contribution in [0.3, 0.4) is 0 Å². The Morgan fingerprint density at radius 2 is 2.11 bits per heavy atom. The van der Waals surface area contributed by atoms with Crippen LogP contribution in [-0.2, 0) is 0 Å². The molecule has 2 aromatic rings. The number of nitrogens with one attached hydrogen (secondary N) is 2. The van der Waals surface area contributed by atoms with E-state index in [1.807, 2.05) is 26.0 Å². The third-order valence-corrected chi connectivity index (χ3v) is 4.49. The second-order valence-electron chi connectivity index (χ2n) is 3.81. The Labute approximate surface area is 113 Å². The minimum absolute atomic E-state index is 0.0156. The molecule has 18 heavy (non-hydrogen) atoms. The molecular weight excluding hydrogens is 268 g/mol. The van der Waals surface area contributed by atoms with Gasteiger partial charge in [0.05, 0.1) is 6.04 Å². The Morgan fingerprint density at radius 1 is 1.33 bits per heavy atom. The topological polar surface area (TPSA) is 66.9 Å². The number of amides is 1. The van der Waals surface area contributed by atoms with Gasteiger partial charge in [-0.15, -0.1) is 21.5 Å². The summed E-state index contributed by atoms with van der Waals surface area (Å²) in [7, 11) is 1.75. The molecule has 2 rings (SSSR count). The van der Waals surface area contributed by atoms with Gasteiger partial charge in [0.1, 0.15) is 0 Å². The number of nitrogens with zero attached hydrogens (tertiary/aromatic N) is 2. The number of rotatable bonds is 4. The van der Waals surface area contributed by atoms with Crippen molar-refractivity contribution in [1.82, 2.24) is 15.5 Å². The molecule has 0 aliphatic heterocycles. The van der Waals surface area contributed by atoms with Crippen molar-refractivity contribution in [2.75, 3.05) is 12.4 Å². The van der Waals surface area contributed by atoms with E-state index in [1.165, 1.54) is 16.2 Å². The zero-order valence-corrected chi connectivity index (χ0v) is 12.0.